The molecule has 0 aliphatic rings. The zero-order valence-electron chi connectivity index (χ0n) is 13.6. The topological polar surface area (TPSA) is 35.5 Å². The van der Waals surface area contributed by atoms with E-state index in [4.69, 9.17) is 21.1 Å². The van der Waals surface area contributed by atoms with Gasteiger partial charge in [0.05, 0.1) is 23.8 Å². The van der Waals surface area contributed by atoms with Crippen molar-refractivity contribution in [3.05, 3.63) is 52.5 Å². The second-order valence-electron chi connectivity index (χ2n) is 5.41. The molecule has 0 heterocycles. The normalized spacial score (nSPS) is 11.2. The largest absolute Gasteiger partial charge is 0.496 e. The molecule has 0 N–H and O–H groups in total. The number of hydrogen-bond donors (Lipinski definition) is 0. The average Bonchev–Trinajstić information content (AvgIpc) is 2.48. The number of carbonyl (C=O) groups is 1. The van der Waals surface area contributed by atoms with Crippen LogP contribution in [0.15, 0.2) is 36.4 Å². The van der Waals surface area contributed by atoms with Gasteiger partial charge in [0, 0.05) is 0 Å². The van der Waals surface area contributed by atoms with E-state index in [1.165, 1.54) is 7.11 Å². The second-order valence-corrected chi connectivity index (χ2v) is 7.06. The highest BCUT2D eigenvalue weighted by Gasteiger charge is 2.17. The van der Waals surface area contributed by atoms with Gasteiger partial charge in [-0.25, -0.2) is 0 Å². The van der Waals surface area contributed by atoms with Crippen molar-refractivity contribution in [2.24, 2.45) is 0 Å². The van der Waals surface area contributed by atoms with Crippen LogP contribution in [0.1, 0.15) is 29.8 Å². The van der Waals surface area contributed by atoms with E-state index >= 15 is 0 Å². The number of carbonyl (C=O) groups excluding carboxylic acids is 1. The average molecular weight is 351 g/mol. The van der Waals surface area contributed by atoms with E-state index in [0.29, 0.717) is 16.3 Å². The van der Waals surface area contributed by atoms with E-state index in [-0.39, 0.29) is 20.2 Å². The molecule has 0 aliphatic heterocycles. The van der Waals surface area contributed by atoms with Crippen molar-refractivity contribution in [3.8, 4) is 11.5 Å². The molecule has 0 saturated carbocycles. The summed E-state index contributed by atoms with van der Waals surface area (Å²) in [5, 5.41) is 1.40. The Labute approximate surface area is 143 Å². The van der Waals surface area contributed by atoms with Crippen molar-refractivity contribution in [1.82, 2.24) is 0 Å². The van der Waals surface area contributed by atoms with Gasteiger partial charge in [-0.15, -0.1) is 0 Å². The van der Waals surface area contributed by atoms with Gasteiger partial charge in [-0.1, -0.05) is 23.7 Å². The van der Waals surface area contributed by atoms with Gasteiger partial charge in [0.25, 0.3) is 0 Å². The van der Waals surface area contributed by atoms with Gasteiger partial charge in [0.1, 0.15) is 11.5 Å². The Morgan fingerprint density at radius 1 is 1.22 bits per heavy atom. The lowest BCUT2D eigenvalue weighted by Gasteiger charge is -2.13. The molecule has 2 aromatic rings. The van der Waals surface area contributed by atoms with Gasteiger partial charge < -0.3 is 9.47 Å². The first-order valence-electron chi connectivity index (χ1n) is 7.33. The zero-order chi connectivity index (χ0) is 17.0. The first-order chi connectivity index (χ1) is 10.9. The molecule has 23 heavy (non-hydrogen) atoms. The van der Waals surface area contributed by atoms with Gasteiger partial charge in [0.15, 0.2) is 5.52 Å². The maximum absolute atomic E-state index is 12.6. The number of ether oxygens (including phenoxy) is 2. The summed E-state index contributed by atoms with van der Waals surface area (Å²) >= 11 is 6.18. The van der Waals surface area contributed by atoms with E-state index < -0.39 is 0 Å². The summed E-state index contributed by atoms with van der Waals surface area (Å²) in [6.45, 7) is 5.95. The van der Waals surface area contributed by atoms with Crippen molar-refractivity contribution in [3.63, 3.8) is 0 Å². The first-order valence-corrected chi connectivity index (χ1v) is 8.71. The molecule has 5 heteroatoms. The van der Waals surface area contributed by atoms with Crippen molar-refractivity contribution in [1.29, 1.82) is 0 Å². The standard InChI is InChI=1S/C18H20ClO3P/c1-11(2)22-13-8-9-16(12(3)10-13)23-18(20)17-14(19)6-5-7-15(17)21-4/h5-11,23H,1-4H3. The second kappa shape index (κ2) is 7.81. The predicted octanol–water partition coefficient (Wildman–Crippen LogP) is 4.59. The fourth-order valence-corrected chi connectivity index (χ4v) is 3.60. The highest BCUT2D eigenvalue weighted by Crippen LogP contribution is 2.33. The number of aryl methyl sites for hydroxylation is 1. The lowest BCUT2D eigenvalue weighted by molar-refractivity contribution is 0.108. The molecule has 0 saturated heterocycles. The highest BCUT2D eigenvalue weighted by molar-refractivity contribution is 7.66. The lowest BCUT2D eigenvalue weighted by Crippen LogP contribution is -2.09. The number of methoxy groups -OCH3 is 1. The third kappa shape index (κ3) is 4.46. The Bertz CT molecular complexity index is 713. The van der Waals surface area contributed by atoms with Crippen LogP contribution in [-0.4, -0.2) is 18.7 Å². The molecule has 2 rings (SSSR count). The third-order valence-electron chi connectivity index (χ3n) is 3.24. The number of hydrogen-bond acceptors (Lipinski definition) is 3. The zero-order valence-corrected chi connectivity index (χ0v) is 15.4. The minimum absolute atomic E-state index is 0.0163. The quantitative estimate of drug-likeness (QED) is 0.715. The smallest absolute Gasteiger partial charge is 0.190 e. The number of halogens is 1. The number of benzene rings is 2. The van der Waals surface area contributed by atoms with Crippen LogP contribution in [0.2, 0.25) is 5.02 Å². The first kappa shape index (κ1) is 17.8. The van der Waals surface area contributed by atoms with Crippen LogP contribution >= 0.6 is 20.2 Å². The van der Waals surface area contributed by atoms with Crippen LogP contribution < -0.4 is 14.8 Å². The van der Waals surface area contributed by atoms with Crippen molar-refractivity contribution < 1.29 is 14.3 Å². The molecule has 0 aromatic heterocycles. The summed E-state index contributed by atoms with van der Waals surface area (Å²) in [5.41, 5.74) is 1.44. The minimum Gasteiger partial charge on any atom is -0.496 e. The molecular weight excluding hydrogens is 331 g/mol. The van der Waals surface area contributed by atoms with Gasteiger partial charge in [-0.2, -0.15) is 0 Å². The SMILES string of the molecule is COc1cccc(Cl)c1C(=O)Pc1ccc(OC(C)C)cc1C. The van der Waals surface area contributed by atoms with Crippen molar-refractivity contribution in [2.75, 3.05) is 7.11 Å². The van der Waals surface area contributed by atoms with E-state index in [0.717, 1.165) is 16.6 Å². The van der Waals surface area contributed by atoms with Crippen LogP contribution in [0.25, 0.3) is 0 Å². The summed E-state index contributed by atoms with van der Waals surface area (Å²) in [5.74, 6) is 1.32. The van der Waals surface area contributed by atoms with Crippen LogP contribution in [0, 0.1) is 6.92 Å². The Kier molecular flexibility index (Phi) is 6.04. The van der Waals surface area contributed by atoms with E-state index in [1.807, 2.05) is 39.0 Å². The number of rotatable bonds is 6. The van der Waals surface area contributed by atoms with Crippen LogP contribution in [-0.2, 0) is 0 Å². The Balaban J connectivity index is 2.24. The molecule has 0 amide bonds. The molecule has 0 fully saturated rings. The van der Waals surface area contributed by atoms with Gasteiger partial charge in [0.2, 0.25) is 0 Å². The van der Waals surface area contributed by atoms with Gasteiger partial charge >= 0.3 is 0 Å². The molecule has 122 valence electrons. The summed E-state index contributed by atoms with van der Waals surface area (Å²) in [6, 6.07) is 11.0. The fraction of sp³-hybridized carbons (Fsp3) is 0.278. The molecule has 1 unspecified atom stereocenters. The summed E-state index contributed by atoms with van der Waals surface area (Å²) in [6.07, 6.45) is 0.122. The van der Waals surface area contributed by atoms with Gasteiger partial charge in [-0.05, 0) is 64.5 Å². The van der Waals surface area contributed by atoms with Crippen molar-refractivity contribution in [2.45, 2.75) is 26.9 Å². The molecule has 2 aromatic carbocycles. The third-order valence-corrected chi connectivity index (χ3v) is 4.86. The van der Waals surface area contributed by atoms with Crippen molar-refractivity contribution >= 4 is 31.0 Å². The maximum atomic E-state index is 12.6. The highest BCUT2D eigenvalue weighted by atomic mass is 35.5. The molecule has 3 nitrogen and oxygen atoms in total. The fourth-order valence-electron chi connectivity index (χ4n) is 2.20. The lowest BCUT2D eigenvalue weighted by atomic mass is 10.2. The molecular formula is C18H20ClO3P. The summed E-state index contributed by atoms with van der Waals surface area (Å²) in [4.78, 5) is 12.6. The van der Waals surface area contributed by atoms with Crippen LogP contribution in [0.4, 0.5) is 0 Å². The van der Waals surface area contributed by atoms with E-state index in [2.05, 4.69) is 0 Å². The van der Waals surface area contributed by atoms with Gasteiger partial charge in [-0.3, -0.25) is 4.79 Å². The maximum Gasteiger partial charge on any atom is 0.190 e. The molecule has 0 radical (unpaired) electrons. The molecule has 0 bridgehead atoms. The molecule has 1 atom stereocenters. The van der Waals surface area contributed by atoms with E-state index in [9.17, 15) is 4.79 Å². The molecule has 0 spiro atoms. The monoisotopic (exact) mass is 350 g/mol. The Morgan fingerprint density at radius 3 is 2.57 bits per heavy atom. The Morgan fingerprint density at radius 2 is 1.96 bits per heavy atom. The summed E-state index contributed by atoms with van der Waals surface area (Å²) in [7, 11) is 1.52. The van der Waals surface area contributed by atoms with E-state index in [1.54, 1.807) is 18.2 Å². The Hall–Kier alpha value is -1.57. The minimum atomic E-state index is -0.0342. The van der Waals surface area contributed by atoms with Crippen LogP contribution in [0.3, 0.4) is 0 Å². The predicted molar refractivity (Wildman–Crippen MR) is 97.2 cm³/mol. The summed E-state index contributed by atoms with van der Waals surface area (Å²) < 4.78 is 10.9. The van der Waals surface area contributed by atoms with Crippen LogP contribution in [0.5, 0.6) is 11.5 Å². The molecule has 0 aliphatic carbocycles.